The van der Waals surface area contributed by atoms with Gasteiger partial charge in [-0.05, 0) is 66.2 Å². The molecule has 4 aromatic carbocycles. The van der Waals surface area contributed by atoms with Crippen molar-refractivity contribution in [2.24, 2.45) is 0 Å². The monoisotopic (exact) mass is 692 g/mol. The molecule has 0 heterocycles. The first-order chi connectivity index (χ1) is 21.5. The van der Waals surface area contributed by atoms with E-state index in [0.29, 0.717) is 42.4 Å². The molecule has 0 saturated carbocycles. The number of carboxylic acid groups (broad SMARTS) is 2. The Morgan fingerprint density at radius 2 is 1.11 bits per heavy atom. The van der Waals surface area contributed by atoms with E-state index in [4.69, 9.17) is 55.9 Å². The first-order valence-electron chi connectivity index (χ1n) is 13.1. The van der Waals surface area contributed by atoms with Crippen LogP contribution in [0.5, 0.6) is 11.5 Å². The van der Waals surface area contributed by atoms with Crippen molar-refractivity contribution in [2.45, 2.75) is 12.5 Å². The number of rotatable bonds is 13. The number of aromatic carboxylic acids is 2. The van der Waals surface area contributed by atoms with Gasteiger partial charge in [0.15, 0.2) is 0 Å². The van der Waals surface area contributed by atoms with Gasteiger partial charge in [0.25, 0.3) is 5.91 Å². The number of ether oxygens (including phenoxy) is 2. The number of hydrogen-bond acceptors (Lipinski definition) is 7. The maximum Gasteiger partial charge on any atom is 0.338 e. The first-order valence-corrected chi connectivity index (χ1v) is 14.6. The van der Waals surface area contributed by atoms with Crippen molar-refractivity contribution >= 4 is 69.9 Å². The van der Waals surface area contributed by atoms with E-state index in [0.717, 1.165) is 0 Å². The lowest BCUT2D eigenvalue weighted by atomic mass is 9.94. The molecule has 0 bridgehead atoms. The van der Waals surface area contributed by atoms with Crippen LogP contribution >= 0.6 is 46.4 Å². The minimum atomic E-state index is -1.37. The SMILES string of the molecule is O=C(O)c1c(Cl)ccc(Cl)c1C(=O)Nc1ccc(OCCCOc2ccc(C(NO)c3c(Cl)ccc(Cl)c3C(=O)O)cc2)cc1. The molecule has 0 radical (unpaired) electrons. The van der Waals surface area contributed by atoms with Gasteiger partial charge in [-0.15, -0.1) is 0 Å². The van der Waals surface area contributed by atoms with Crippen molar-refractivity contribution < 1.29 is 39.3 Å². The molecule has 45 heavy (non-hydrogen) atoms. The van der Waals surface area contributed by atoms with Crippen molar-refractivity contribution in [1.82, 2.24) is 5.48 Å². The van der Waals surface area contributed by atoms with Crippen molar-refractivity contribution in [1.29, 1.82) is 0 Å². The molecule has 4 rings (SSSR count). The standard InChI is InChI=1S/C31H24Cl4N2O8/c32-20-10-12-22(34)26(30(39)40)24(20)28(37-43)16-2-6-18(7-3-16)44-14-1-15-45-19-8-4-17(5-9-19)36-29(38)25-21(33)11-13-23(35)27(25)31(41)42/h2-13,28,37,43H,1,14-15H2,(H,36,38)(H,39,40)(H,41,42). The van der Waals surface area contributed by atoms with Crippen LogP contribution in [0, 0.1) is 0 Å². The highest BCUT2D eigenvalue weighted by molar-refractivity contribution is 6.39. The zero-order valence-electron chi connectivity index (χ0n) is 23.0. The third-order valence-corrected chi connectivity index (χ3v) is 7.74. The number of nitrogens with one attached hydrogen (secondary N) is 2. The second-order valence-electron chi connectivity index (χ2n) is 9.37. The summed E-state index contributed by atoms with van der Waals surface area (Å²) in [7, 11) is 0. The summed E-state index contributed by atoms with van der Waals surface area (Å²) >= 11 is 24.4. The van der Waals surface area contributed by atoms with Crippen LogP contribution in [0.2, 0.25) is 20.1 Å². The lowest BCUT2D eigenvalue weighted by molar-refractivity contribution is 0.0682. The second-order valence-corrected chi connectivity index (χ2v) is 11.0. The van der Waals surface area contributed by atoms with Gasteiger partial charge in [0.2, 0.25) is 0 Å². The normalized spacial score (nSPS) is 11.5. The molecule has 234 valence electrons. The molecule has 14 heteroatoms. The predicted molar refractivity (Wildman–Crippen MR) is 170 cm³/mol. The van der Waals surface area contributed by atoms with Gasteiger partial charge in [-0.3, -0.25) is 4.79 Å². The molecule has 5 N–H and O–H groups in total. The maximum atomic E-state index is 12.7. The largest absolute Gasteiger partial charge is 0.493 e. The number of anilines is 1. The lowest BCUT2D eigenvalue weighted by Gasteiger charge is -2.20. The van der Waals surface area contributed by atoms with E-state index in [2.05, 4.69) is 10.8 Å². The number of amides is 1. The topological polar surface area (TPSA) is 154 Å². The van der Waals surface area contributed by atoms with Gasteiger partial charge < -0.3 is 30.2 Å². The molecule has 1 amide bonds. The summed E-state index contributed by atoms with van der Waals surface area (Å²) in [6.07, 6.45) is 0.534. The zero-order valence-corrected chi connectivity index (χ0v) is 26.0. The number of carbonyl (C=O) groups excluding carboxylic acids is 1. The summed E-state index contributed by atoms with van der Waals surface area (Å²) in [6, 6.07) is 17.7. The Hall–Kier alpha value is -4.03. The van der Waals surface area contributed by atoms with Gasteiger partial charge in [0, 0.05) is 22.7 Å². The average molecular weight is 694 g/mol. The highest BCUT2D eigenvalue weighted by Gasteiger charge is 2.26. The quantitative estimate of drug-likeness (QED) is 0.0695. The van der Waals surface area contributed by atoms with Gasteiger partial charge in [0.05, 0.1) is 51.0 Å². The van der Waals surface area contributed by atoms with Gasteiger partial charge in [-0.25, -0.2) is 9.59 Å². The number of hydrogen-bond donors (Lipinski definition) is 5. The minimum Gasteiger partial charge on any atom is -0.493 e. The second kappa shape index (κ2) is 15.3. The molecular formula is C31H24Cl4N2O8. The Morgan fingerprint density at radius 1 is 0.644 bits per heavy atom. The average Bonchev–Trinajstić information content (AvgIpc) is 3.01. The van der Waals surface area contributed by atoms with E-state index >= 15 is 0 Å². The van der Waals surface area contributed by atoms with Crippen LogP contribution in [0.15, 0.2) is 72.8 Å². The van der Waals surface area contributed by atoms with Gasteiger partial charge >= 0.3 is 11.9 Å². The molecule has 0 saturated heterocycles. The molecular weight excluding hydrogens is 670 g/mol. The van der Waals surface area contributed by atoms with E-state index in [1.165, 1.54) is 24.3 Å². The van der Waals surface area contributed by atoms with E-state index in [-0.39, 0.29) is 42.3 Å². The summed E-state index contributed by atoms with van der Waals surface area (Å²) in [5, 5.41) is 31.5. The summed E-state index contributed by atoms with van der Waals surface area (Å²) < 4.78 is 11.5. The Balaban J connectivity index is 1.28. The van der Waals surface area contributed by atoms with Crippen molar-refractivity contribution in [3.05, 3.63) is 121 Å². The molecule has 4 aromatic rings. The summed E-state index contributed by atoms with van der Waals surface area (Å²) in [4.78, 5) is 36.1. The van der Waals surface area contributed by atoms with Gasteiger partial charge in [0.1, 0.15) is 11.5 Å². The maximum absolute atomic E-state index is 12.7. The number of carboxylic acids is 2. The fourth-order valence-electron chi connectivity index (χ4n) is 4.38. The van der Waals surface area contributed by atoms with Crippen LogP contribution in [0.1, 0.15) is 54.7 Å². The molecule has 10 nitrogen and oxygen atoms in total. The van der Waals surface area contributed by atoms with Crippen LogP contribution in [-0.2, 0) is 0 Å². The van der Waals surface area contributed by atoms with Crippen molar-refractivity contribution in [3.63, 3.8) is 0 Å². The van der Waals surface area contributed by atoms with Crippen molar-refractivity contribution in [2.75, 3.05) is 18.5 Å². The number of carbonyl (C=O) groups is 3. The van der Waals surface area contributed by atoms with E-state index in [1.807, 2.05) is 0 Å². The Morgan fingerprint density at radius 3 is 1.62 bits per heavy atom. The van der Waals surface area contributed by atoms with E-state index < -0.39 is 23.9 Å². The van der Waals surface area contributed by atoms with Crippen LogP contribution in [-0.4, -0.2) is 46.5 Å². The Kier molecular flexibility index (Phi) is 11.5. The van der Waals surface area contributed by atoms with Crippen LogP contribution in [0.3, 0.4) is 0 Å². The summed E-state index contributed by atoms with van der Waals surface area (Å²) in [5.41, 5.74) is 2.30. The molecule has 0 aliphatic carbocycles. The molecule has 1 atom stereocenters. The highest BCUT2D eigenvalue weighted by Crippen LogP contribution is 2.35. The molecule has 1 unspecified atom stereocenters. The molecule has 0 aromatic heterocycles. The summed E-state index contributed by atoms with van der Waals surface area (Å²) in [6.45, 7) is 0.649. The van der Waals surface area contributed by atoms with Crippen molar-refractivity contribution in [3.8, 4) is 11.5 Å². The smallest absolute Gasteiger partial charge is 0.338 e. The van der Waals surface area contributed by atoms with Gasteiger partial charge in [-0.1, -0.05) is 58.5 Å². The molecule has 0 aliphatic rings. The molecule has 0 spiro atoms. The molecule has 0 aliphatic heterocycles. The highest BCUT2D eigenvalue weighted by atomic mass is 35.5. The zero-order chi connectivity index (χ0) is 32.7. The third kappa shape index (κ3) is 8.17. The first kappa shape index (κ1) is 33.9. The Bertz CT molecular complexity index is 1720. The number of benzene rings is 4. The van der Waals surface area contributed by atoms with Crippen LogP contribution in [0.25, 0.3) is 0 Å². The fraction of sp³-hybridized carbons (Fsp3) is 0.129. The number of halogens is 4. The van der Waals surface area contributed by atoms with E-state index in [9.17, 15) is 29.8 Å². The fourth-order valence-corrected chi connectivity index (χ4v) is 5.37. The number of hydroxylamine groups is 1. The predicted octanol–water partition coefficient (Wildman–Crippen LogP) is 7.87. The van der Waals surface area contributed by atoms with E-state index in [1.54, 1.807) is 48.5 Å². The van der Waals surface area contributed by atoms with Crippen LogP contribution in [0.4, 0.5) is 5.69 Å². The van der Waals surface area contributed by atoms with Gasteiger partial charge in [-0.2, -0.15) is 5.48 Å². The molecule has 0 fully saturated rings. The summed E-state index contributed by atoms with van der Waals surface area (Å²) in [5.74, 6) is -2.30. The van der Waals surface area contributed by atoms with Crippen LogP contribution < -0.4 is 20.3 Å². The lowest BCUT2D eigenvalue weighted by Crippen LogP contribution is -2.22. The Labute approximate surface area is 277 Å². The minimum absolute atomic E-state index is 0.0118. The third-order valence-electron chi connectivity index (χ3n) is 6.47.